The number of carbonyl (C=O) groups is 2. The van der Waals surface area contributed by atoms with E-state index in [0.29, 0.717) is 40.6 Å². The number of nitrogens with zero attached hydrogens (tertiary/aromatic N) is 3. The second-order valence-corrected chi connectivity index (χ2v) is 7.66. The number of methoxy groups -OCH3 is 1. The highest BCUT2D eigenvalue weighted by atomic mass is 32.1. The number of amides is 1. The summed E-state index contributed by atoms with van der Waals surface area (Å²) in [7, 11) is 1.28. The predicted molar refractivity (Wildman–Crippen MR) is 116 cm³/mol. The van der Waals surface area contributed by atoms with Crippen LogP contribution in [-0.2, 0) is 20.9 Å². The fourth-order valence-corrected chi connectivity index (χ4v) is 4.12. The Morgan fingerprint density at radius 1 is 1.25 bits per heavy atom. The van der Waals surface area contributed by atoms with Crippen molar-refractivity contribution < 1.29 is 28.7 Å². The lowest BCUT2D eigenvalue weighted by atomic mass is 10.2. The van der Waals surface area contributed by atoms with Gasteiger partial charge in [0.1, 0.15) is 19.8 Å². The molecule has 11 heteroatoms. The number of aromatic nitrogens is 1. The molecule has 0 fully saturated rings. The van der Waals surface area contributed by atoms with E-state index in [0.717, 1.165) is 4.70 Å². The van der Waals surface area contributed by atoms with Crippen molar-refractivity contribution in [1.82, 2.24) is 4.57 Å². The molecule has 0 saturated heterocycles. The zero-order chi connectivity index (χ0) is 22.7. The average molecular weight is 455 g/mol. The fourth-order valence-electron chi connectivity index (χ4n) is 3.08. The van der Waals surface area contributed by atoms with Crippen molar-refractivity contribution in [2.75, 3.05) is 20.3 Å². The highest BCUT2D eigenvalue weighted by molar-refractivity contribution is 7.16. The van der Waals surface area contributed by atoms with Gasteiger partial charge in [0.15, 0.2) is 16.3 Å². The van der Waals surface area contributed by atoms with Crippen molar-refractivity contribution in [2.24, 2.45) is 4.99 Å². The van der Waals surface area contributed by atoms with Gasteiger partial charge in [-0.25, -0.2) is 0 Å². The molecule has 0 spiro atoms. The maximum atomic E-state index is 12.5. The first-order valence-electron chi connectivity index (χ1n) is 9.45. The van der Waals surface area contributed by atoms with Crippen LogP contribution in [0.25, 0.3) is 16.3 Å². The highest BCUT2D eigenvalue weighted by Crippen LogP contribution is 2.35. The molecule has 10 nitrogen and oxygen atoms in total. The van der Waals surface area contributed by atoms with Crippen LogP contribution in [0.2, 0.25) is 0 Å². The molecule has 0 aliphatic carbocycles. The number of hydrogen-bond acceptors (Lipinski definition) is 8. The van der Waals surface area contributed by atoms with Gasteiger partial charge in [-0.1, -0.05) is 23.5 Å². The van der Waals surface area contributed by atoms with Crippen LogP contribution in [0.5, 0.6) is 11.5 Å². The largest absolute Gasteiger partial charge is 0.486 e. The normalized spacial score (nSPS) is 13.5. The van der Waals surface area contributed by atoms with Crippen LogP contribution >= 0.6 is 11.3 Å². The summed E-state index contributed by atoms with van der Waals surface area (Å²) in [5.41, 5.74) is 1.06. The number of rotatable bonds is 5. The smallest absolute Gasteiger partial charge is 0.325 e. The Labute approximate surface area is 185 Å². The maximum Gasteiger partial charge on any atom is 0.325 e. The molecule has 1 amide bonds. The second-order valence-electron chi connectivity index (χ2n) is 6.65. The summed E-state index contributed by atoms with van der Waals surface area (Å²) in [5, 5.41) is 10.9. The van der Waals surface area contributed by atoms with Crippen LogP contribution in [0.4, 0.5) is 5.69 Å². The number of nitro groups is 1. The van der Waals surface area contributed by atoms with Gasteiger partial charge < -0.3 is 18.8 Å². The lowest BCUT2D eigenvalue weighted by molar-refractivity contribution is -0.384. The van der Waals surface area contributed by atoms with Crippen LogP contribution in [0.15, 0.2) is 47.5 Å². The van der Waals surface area contributed by atoms with Crippen LogP contribution in [-0.4, -0.2) is 41.7 Å². The van der Waals surface area contributed by atoms with Gasteiger partial charge in [0.05, 0.1) is 22.2 Å². The third kappa shape index (κ3) is 4.52. The molecule has 1 aliphatic heterocycles. The van der Waals surface area contributed by atoms with Crippen LogP contribution in [0.3, 0.4) is 0 Å². The van der Waals surface area contributed by atoms with E-state index in [1.807, 2.05) is 0 Å². The van der Waals surface area contributed by atoms with Gasteiger partial charge in [-0.05, 0) is 11.6 Å². The minimum atomic E-state index is -0.584. The predicted octanol–water partition coefficient (Wildman–Crippen LogP) is 2.70. The summed E-state index contributed by atoms with van der Waals surface area (Å²) in [6, 6.07) is 9.41. The van der Waals surface area contributed by atoms with Crippen molar-refractivity contribution in [3.8, 4) is 11.5 Å². The third-order valence-corrected chi connectivity index (χ3v) is 5.61. The van der Waals surface area contributed by atoms with E-state index in [2.05, 4.69) is 4.99 Å². The fraction of sp³-hybridized carbons (Fsp3) is 0.190. The molecule has 0 atom stereocenters. The molecular weight excluding hydrogens is 438 g/mol. The first kappa shape index (κ1) is 21.2. The first-order chi connectivity index (χ1) is 15.4. The van der Waals surface area contributed by atoms with Crippen LogP contribution in [0, 0.1) is 10.1 Å². The Bertz CT molecular complexity index is 1320. The highest BCUT2D eigenvalue weighted by Gasteiger charge is 2.18. The molecule has 0 unspecified atom stereocenters. The molecule has 0 bridgehead atoms. The maximum absolute atomic E-state index is 12.5. The van der Waals surface area contributed by atoms with E-state index in [4.69, 9.17) is 14.2 Å². The number of ether oxygens (including phenoxy) is 3. The summed E-state index contributed by atoms with van der Waals surface area (Å²) in [4.78, 5) is 39.2. The quantitative estimate of drug-likeness (QED) is 0.251. The lowest BCUT2D eigenvalue weighted by Gasteiger charge is -2.18. The standard InChI is InChI=1S/C21H17N3O7S/c1-29-20(26)12-23-15-10-16-17(31-8-7-30-16)11-18(15)32-21(23)22-19(25)6-5-13-3-2-4-14(9-13)24(27)28/h2-6,9-11H,7-8,12H2,1H3/b6-5+,22-21?. The van der Waals surface area contributed by atoms with Gasteiger partial charge in [0.2, 0.25) is 0 Å². The van der Waals surface area contributed by atoms with Gasteiger partial charge in [-0.2, -0.15) is 4.99 Å². The number of nitro benzene ring substituents is 1. The minimum absolute atomic E-state index is 0.0784. The number of esters is 1. The van der Waals surface area contributed by atoms with Gasteiger partial charge >= 0.3 is 5.97 Å². The summed E-state index contributed by atoms with van der Waals surface area (Å²) >= 11 is 1.21. The van der Waals surface area contributed by atoms with Crippen LogP contribution in [0.1, 0.15) is 5.56 Å². The molecule has 3 aromatic rings. The van der Waals surface area contributed by atoms with E-state index in [-0.39, 0.29) is 12.2 Å². The Balaban J connectivity index is 1.72. The first-order valence-corrected chi connectivity index (χ1v) is 10.3. The molecule has 2 heterocycles. The molecular formula is C21H17N3O7S. The van der Waals surface area contributed by atoms with Crippen molar-refractivity contribution in [1.29, 1.82) is 0 Å². The molecule has 164 valence electrons. The number of non-ortho nitro benzene ring substituents is 1. The van der Waals surface area contributed by atoms with E-state index < -0.39 is 16.8 Å². The summed E-state index contributed by atoms with van der Waals surface area (Å²) in [6.45, 7) is 0.707. The van der Waals surface area contributed by atoms with Gasteiger partial charge in [0, 0.05) is 30.3 Å². The zero-order valence-electron chi connectivity index (χ0n) is 16.8. The molecule has 2 aromatic carbocycles. The minimum Gasteiger partial charge on any atom is -0.486 e. The monoisotopic (exact) mass is 455 g/mol. The number of thiazole rings is 1. The second kappa shape index (κ2) is 9.02. The van der Waals surface area contributed by atoms with E-state index in [1.165, 1.54) is 48.8 Å². The summed E-state index contributed by atoms with van der Waals surface area (Å²) in [6.07, 6.45) is 2.65. The number of hydrogen-bond donors (Lipinski definition) is 0. The third-order valence-electron chi connectivity index (χ3n) is 4.57. The van der Waals surface area contributed by atoms with Crippen molar-refractivity contribution >= 4 is 45.2 Å². The van der Waals surface area contributed by atoms with E-state index in [9.17, 15) is 19.7 Å². The summed E-state index contributed by atoms with van der Waals surface area (Å²) in [5.74, 6) is 0.0434. The molecule has 32 heavy (non-hydrogen) atoms. The lowest BCUT2D eigenvalue weighted by Crippen LogP contribution is -2.22. The van der Waals surface area contributed by atoms with E-state index >= 15 is 0 Å². The van der Waals surface area contributed by atoms with Crippen molar-refractivity contribution in [3.63, 3.8) is 0 Å². The molecule has 0 radical (unpaired) electrons. The SMILES string of the molecule is COC(=O)Cn1c(=NC(=O)/C=C/c2cccc([N+](=O)[O-])c2)sc2cc3c(cc21)OCCO3. The zero-order valence-corrected chi connectivity index (χ0v) is 17.7. The van der Waals surface area contributed by atoms with Gasteiger partial charge in [0.25, 0.3) is 11.6 Å². The van der Waals surface area contributed by atoms with E-state index in [1.54, 1.807) is 22.8 Å². The number of carbonyl (C=O) groups excluding carboxylic acids is 2. The molecule has 4 rings (SSSR count). The Morgan fingerprint density at radius 3 is 2.72 bits per heavy atom. The number of benzene rings is 2. The average Bonchev–Trinajstić information content (AvgIpc) is 3.11. The molecule has 1 aromatic heterocycles. The van der Waals surface area contributed by atoms with Gasteiger partial charge in [-0.3, -0.25) is 19.7 Å². The Hall–Kier alpha value is -3.99. The number of fused-ring (bicyclic) bond motifs is 2. The Morgan fingerprint density at radius 2 is 2.00 bits per heavy atom. The Kier molecular flexibility index (Phi) is 5.99. The molecule has 0 saturated carbocycles. The van der Waals surface area contributed by atoms with Crippen molar-refractivity contribution in [2.45, 2.75) is 6.54 Å². The molecule has 1 aliphatic rings. The van der Waals surface area contributed by atoms with Gasteiger partial charge in [-0.15, -0.1) is 0 Å². The molecule has 0 N–H and O–H groups in total. The topological polar surface area (TPSA) is 122 Å². The summed E-state index contributed by atoms with van der Waals surface area (Å²) < 4.78 is 18.3. The van der Waals surface area contributed by atoms with Crippen LogP contribution < -0.4 is 14.3 Å². The van der Waals surface area contributed by atoms with Crippen molar-refractivity contribution in [3.05, 3.63) is 63.0 Å².